The van der Waals surface area contributed by atoms with Gasteiger partial charge in [0.15, 0.2) is 0 Å². The number of nitrogens with zero attached hydrogens (tertiary/aromatic N) is 1. The summed E-state index contributed by atoms with van der Waals surface area (Å²) in [6.07, 6.45) is 1.71. The Hall–Kier alpha value is -2.88. The standard InChI is InChI=1S/C20H20N2O2/c1-13-7-9-15(10-8-13)19(23)17(12-21)20(24)22-14(2)11-16-5-3-4-6-18(16)22/h3-10,12,14,21,23H,11H2,1-2H3/b19-17+,21-12?. The number of rotatable bonds is 3. The second-order valence-corrected chi connectivity index (χ2v) is 6.13. The lowest BCUT2D eigenvalue weighted by Gasteiger charge is -2.23. The minimum absolute atomic E-state index is 0.00223. The number of para-hydroxylation sites is 1. The summed E-state index contributed by atoms with van der Waals surface area (Å²) in [4.78, 5) is 14.7. The Labute approximate surface area is 141 Å². The maximum Gasteiger partial charge on any atom is 0.263 e. The van der Waals surface area contributed by atoms with Gasteiger partial charge in [0.25, 0.3) is 5.91 Å². The number of anilines is 1. The van der Waals surface area contributed by atoms with Crippen molar-refractivity contribution in [3.63, 3.8) is 0 Å². The quantitative estimate of drug-likeness (QED) is 0.512. The van der Waals surface area contributed by atoms with Crippen molar-refractivity contribution in [3.05, 3.63) is 70.8 Å². The molecule has 1 atom stereocenters. The maximum absolute atomic E-state index is 13.0. The molecule has 1 aliphatic rings. The molecule has 1 heterocycles. The van der Waals surface area contributed by atoms with Crippen molar-refractivity contribution in [1.29, 1.82) is 5.41 Å². The molecule has 0 saturated carbocycles. The van der Waals surface area contributed by atoms with Gasteiger partial charge >= 0.3 is 0 Å². The van der Waals surface area contributed by atoms with Crippen LogP contribution in [0.15, 0.2) is 54.1 Å². The second kappa shape index (κ2) is 6.32. The van der Waals surface area contributed by atoms with Gasteiger partial charge in [0, 0.05) is 23.5 Å². The summed E-state index contributed by atoms with van der Waals surface area (Å²) >= 11 is 0. The molecule has 24 heavy (non-hydrogen) atoms. The molecule has 0 spiro atoms. The molecule has 0 bridgehead atoms. The van der Waals surface area contributed by atoms with Gasteiger partial charge in [-0.3, -0.25) is 4.79 Å². The summed E-state index contributed by atoms with van der Waals surface area (Å²) in [6, 6.07) is 15.0. The van der Waals surface area contributed by atoms with Gasteiger partial charge in [0.2, 0.25) is 0 Å². The van der Waals surface area contributed by atoms with Gasteiger partial charge in [-0.25, -0.2) is 0 Å². The van der Waals surface area contributed by atoms with Crippen LogP contribution in [0.1, 0.15) is 23.6 Å². The predicted molar refractivity (Wildman–Crippen MR) is 96.6 cm³/mol. The van der Waals surface area contributed by atoms with E-state index in [2.05, 4.69) is 0 Å². The zero-order chi connectivity index (χ0) is 17.3. The van der Waals surface area contributed by atoms with E-state index in [-0.39, 0.29) is 23.3 Å². The third-order valence-corrected chi connectivity index (χ3v) is 4.38. The summed E-state index contributed by atoms with van der Waals surface area (Å²) in [6.45, 7) is 3.93. The molecule has 2 N–H and O–H groups in total. The summed E-state index contributed by atoms with van der Waals surface area (Å²) in [5.41, 5.74) is 3.56. The van der Waals surface area contributed by atoms with E-state index in [1.54, 1.807) is 17.0 Å². The lowest BCUT2D eigenvalue weighted by atomic mass is 10.1. The molecule has 0 saturated heterocycles. The Balaban J connectivity index is 2.02. The number of benzene rings is 2. The number of hydrogen-bond acceptors (Lipinski definition) is 3. The number of carbonyl (C=O) groups is 1. The van der Waals surface area contributed by atoms with Crippen LogP contribution in [0, 0.1) is 12.3 Å². The van der Waals surface area contributed by atoms with Crippen LogP contribution in [0.4, 0.5) is 5.69 Å². The minimum Gasteiger partial charge on any atom is -0.506 e. The molecule has 0 aromatic heterocycles. The van der Waals surface area contributed by atoms with E-state index in [4.69, 9.17) is 5.41 Å². The fraction of sp³-hybridized carbons (Fsp3) is 0.200. The Morgan fingerprint density at radius 2 is 1.88 bits per heavy atom. The topological polar surface area (TPSA) is 64.4 Å². The Bertz CT molecular complexity index is 822. The number of hydrogen-bond donors (Lipinski definition) is 2. The number of nitrogens with one attached hydrogen (secondary N) is 1. The van der Waals surface area contributed by atoms with Crippen LogP contribution in [-0.2, 0) is 11.2 Å². The molecule has 1 aliphatic heterocycles. The molecule has 4 nitrogen and oxygen atoms in total. The highest BCUT2D eigenvalue weighted by Crippen LogP contribution is 2.33. The summed E-state index contributed by atoms with van der Waals surface area (Å²) in [7, 11) is 0. The molecule has 3 rings (SSSR count). The number of fused-ring (bicyclic) bond motifs is 1. The van der Waals surface area contributed by atoms with E-state index in [1.165, 1.54) is 0 Å². The van der Waals surface area contributed by atoms with Gasteiger partial charge < -0.3 is 15.4 Å². The van der Waals surface area contributed by atoms with Crippen LogP contribution in [0.2, 0.25) is 0 Å². The largest absolute Gasteiger partial charge is 0.506 e. The van der Waals surface area contributed by atoms with Crippen molar-refractivity contribution in [1.82, 2.24) is 0 Å². The minimum atomic E-state index is -0.347. The fourth-order valence-corrected chi connectivity index (χ4v) is 3.10. The van der Waals surface area contributed by atoms with E-state index < -0.39 is 0 Å². The first-order valence-corrected chi connectivity index (χ1v) is 7.95. The summed E-state index contributed by atoms with van der Waals surface area (Å²) in [5.74, 6) is -0.507. The van der Waals surface area contributed by atoms with E-state index in [0.717, 1.165) is 29.4 Å². The van der Waals surface area contributed by atoms with Gasteiger partial charge in [-0.15, -0.1) is 0 Å². The molecule has 0 fully saturated rings. The zero-order valence-corrected chi connectivity index (χ0v) is 13.8. The smallest absolute Gasteiger partial charge is 0.263 e. The first-order chi connectivity index (χ1) is 11.5. The van der Waals surface area contributed by atoms with E-state index >= 15 is 0 Å². The number of aliphatic hydroxyl groups is 1. The van der Waals surface area contributed by atoms with Crippen molar-refractivity contribution in [2.45, 2.75) is 26.3 Å². The van der Waals surface area contributed by atoms with Gasteiger partial charge in [0.05, 0.1) is 5.57 Å². The predicted octanol–water partition coefficient (Wildman–Crippen LogP) is 3.89. The average molecular weight is 320 g/mol. The first kappa shape index (κ1) is 16.0. The summed E-state index contributed by atoms with van der Waals surface area (Å²) < 4.78 is 0. The van der Waals surface area contributed by atoms with Crippen molar-refractivity contribution < 1.29 is 9.90 Å². The number of aryl methyl sites for hydroxylation is 1. The normalized spacial score (nSPS) is 17.2. The SMILES string of the molecule is Cc1ccc(/C(O)=C(/C=N)C(=O)N2c3ccccc3CC2C)cc1. The number of aliphatic hydroxyl groups excluding tert-OH is 1. The van der Waals surface area contributed by atoms with E-state index in [0.29, 0.717) is 5.56 Å². The molecule has 122 valence electrons. The van der Waals surface area contributed by atoms with Crippen molar-refractivity contribution in [3.8, 4) is 0 Å². The van der Waals surface area contributed by atoms with Crippen LogP contribution in [0.25, 0.3) is 5.76 Å². The highest BCUT2D eigenvalue weighted by atomic mass is 16.3. The van der Waals surface area contributed by atoms with Gasteiger partial charge in [-0.05, 0) is 31.9 Å². The highest BCUT2D eigenvalue weighted by molar-refractivity contribution is 6.23. The first-order valence-electron chi connectivity index (χ1n) is 7.95. The molecule has 4 heteroatoms. The van der Waals surface area contributed by atoms with Crippen LogP contribution < -0.4 is 4.90 Å². The third kappa shape index (κ3) is 2.71. The molecule has 2 aromatic carbocycles. The maximum atomic E-state index is 13.0. The van der Waals surface area contributed by atoms with Gasteiger partial charge in [0.1, 0.15) is 5.76 Å². The van der Waals surface area contributed by atoms with Gasteiger partial charge in [-0.2, -0.15) is 0 Å². The van der Waals surface area contributed by atoms with Crippen molar-refractivity contribution >= 4 is 23.6 Å². The Morgan fingerprint density at radius 1 is 1.21 bits per heavy atom. The van der Waals surface area contributed by atoms with Crippen LogP contribution in [0.5, 0.6) is 0 Å². The molecule has 2 aromatic rings. The Kier molecular flexibility index (Phi) is 4.21. The zero-order valence-electron chi connectivity index (χ0n) is 13.8. The third-order valence-electron chi connectivity index (χ3n) is 4.38. The van der Waals surface area contributed by atoms with E-state index in [1.807, 2.05) is 50.2 Å². The van der Waals surface area contributed by atoms with Crippen molar-refractivity contribution in [2.24, 2.45) is 0 Å². The lowest BCUT2D eigenvalue weighted by molar-refractivity contribution is -0.114. The monoisotopic (exact) mass is 320 g/mol. The lowest BCUT2D eigenvalue weighted by Crippen LogP contribution is -2.37. The summed E-state index contributed by atoms with van der Waals surface area (Å²) in [5, 5.41) is 18.2. The average Bonchev–Trinajstić information content (AvgIpc) is 2.91. The number of carbonyl (C=O) groups excluding carboxylic acids is 1. The van der Waals surface area contributed by atoms with Crippen LogP contribution in [0.3, 0.4) is 0 Å². The molecule has 0 radical (unpaired) electrons. The second-order valence-electron chi connectivity index (χ2n) is 6.13. The Morgan fingerprint density at radius 3 is 2.54 bits per heavy atom. The molecular formula is C20H20N2O2. The molecular weight excluding hydrogens is 300 g/mol. The molecule has 1 unspecified atom stereocenters. The molecule has 0 aliphatic carbocycles. The van der Waals surface area contributed by atoms with Crippen LogP contribution in [-0.4, -0.2) is 23.3 Å². The van der Waals surface area contributed by atoms with Crippen LogP contribution >= 0.6 is 0 Å². The highest BCUT2D eigenvalue weighted by Gasteiger charge is 2.33. The number of amides is 1. The van der Waals surface area contributed by atoms with Gasteiger partial charge in [-0.1, -0.05) is 48.0 Å². The van der Waals surface area contributed by atoms with Crippen molar-refractivity contribution in [2.75, 3.05) is 4.90 Å². The fourth-order valence-electron chi connectivity index (χ4n) is 3.10. The molecule has 1 amide bonds. The van der Waals surface area contributed by atoms with E-state index in [9.17, 15) is 9.90 Å².